The van der Waals surface area contributed by atoms with E-state index in [9.17, 15) is 19.8 Å². The first-order chi connectivity index (χ1) is 20.1. The molecular formula is C32H32O8S2. The zero-order valence-electron chi connectivity index (χ0n) is 24.1. The molecule has 8 nitrogen and oxygen atoms in total. The first kappa shape index (κ1) is 30.9. The van der Waals surface area contributed by atoms with E-state index >= 15 is 0 Å². The van der Waals surface area contributed by atoms with E-state index in [2.05, 4.69) is 0 Å². The van der Waals surface area contributed by atoms with E-state index < -0.39 is 16.8 Å². The van der Waals surface area contributed by atoms with Gasteiger partial charge < -0.3 is 29.2 Å². The van der Waals surface area contributed by atoms with E-state index in [4.69, 9.17) is 18.9 Å². The lowest BCUT2D eigenvalue weighted by molar-refractivity contribution is 0.0976. The SMILES string of the molecule is COc1ccc(Sc2cc(O)c3c(c2O)C(=O)C(C(CC=C(C)C)Sc2ccc(OC)c(OC)c2)=CC3=O)cc1OC. The maximum Gasteiger partial charge on any atom is 0.194 e. The van der Waals surface area contributed by atoms with Crippen LogP contribution >= 0.6 is 23.5 Å². The van der Waals surface area contributed by atoms with Crippen LogP contribution in [0.25, 0.3) is 0 Å². The zero-order chi connectivity index (χ0) is 30.6. The maximum atomic E-state index is 14.0. The van der Waals surface area contributed by atoms with Crippen molar-refractivity contribution in [1.82, 2.24) is 0 Å². The number of ketones is 2. The lowest BCUT2D eigenvalue weighted by Gasteiger charge is -2.24. The smallest absolute Gasteiger partial charge is 0.194 e. The van der Waals surface area contributed by atoms with E-state index in [1.807, 2.05) is 32.1 Å². The van der Waals surface area contributed by atoms with E-state index in [0.717, 1.165) is 22.2 Å². The van der Waals surface area contributed by atoms with Gasteiger partial charge in [0.05, 0.1) is 44.5 Å². The number of rotatable bonds is 11. The number of aromatic hydroxyl groups is 2. The quantitative estimate of drug-likeness (QED) is 0.133. The summed E-state index contributed by atoms with van der Waals surface area (Å²) in [7, 11) is 6.14. The van der Waals surface area contributed by atoms with Gasteiger partial charge in [0, 0.05) is 20.6 Å². The zero-order valence-corrected chi connectivity index (χ0v) is 25.8. The van der Waals surface area contributed by atoms with Crippen molar-refractivity contribution in [1.29, 1.82) is 0 Å². The fraction of sp³-hybridized carbons (Fsp3) is 0.250. The molecule has 42 heavy (non-hydrogen) atoms. The number of fused-ring (bicyclic) bond motifs is 1. The van der Waals surface area contributed by atoms with Crippen LogP contribution in [0.1, 0.15) is 41.0 Å². The molecule has 2 N–H and O–H groups in total. The Hall–Kier alpha value is -4.02. The normalized spacial score (nSPS) is 13.1. The molecular weight excluding hydrogens is 576 g/mol. The molecule has 0 aliphatic heterocycles. The Morgan fingerprint density at radius 2 is 1.38 bits per heavy atom. The van der Waals surface area contributed by atoms with Crippen LogP contribution in [0.15, 0.2) is 80.4 Å². The Morgan fingerprint density at radius 1 is 0.810 bits per heavy atom. The molecule has 0 bridgehead atoms. The number of ether oxygens (including phenoxy) is 4. The molecule has 0 spiro atoms. The summed E-state index contributed by atoms with van der Waals surface area (Å²) in [5, 5.41) is 21.7. The second-order valence-corrected chi connectivity index (χ2v) is 11.9. The maximum absolute atomic E-state index is 14.0. The molecule has 0 radical (unpaired) electrons. The highest BCUT2D eigenvalue weighted by atomic mass is 32.2. The van der Waals surface area contributed by atoms with Gasteiger partial charge in [0.1, 0.15) is 11.5 Å². The molecule has 0 fully saturated rings. The Labute approximate surface area is 253 Å². The molecule has 1 aliphatic rings. The van der Waals surface area contributed by atoms with Gasteiger partial charge in [-0.2, -0.15) is 0 Å². The Bertz CT molecular complexity index is 1590. The van der Waals surface area contributed by atoms with Gasteiger partial charge in [0.15, 0.2) is 34.6 Å². The minimum atomic E-state index is -0.551. The van der Waals surface area contributed by atoms with Gasteiger partial charge in [-0.3, -0.25) is 9.59 Å². The average Bonchev–Trinajstić information content (AvgIpc) is 2.98. The molecule has 3 aromatic rings. The first-order valence-electron chi connectivity index (χ1n) is 12.9. The highest BCUT2D eigenvalue weighted by molar-refractivity contribution is 8.00. The standard InChI is InChI=1S/C32H32O8S2/c1-17(2)7-12-27(41-18-8-10-23(37-3)25(13-18)39-5)20-15-21(33)29-22(34)16-28(32(36)30(29)31(20)35)42-19-9-11-24(38-4)26(14-19)40-6/h7-11,13-16,27,34,36H,12H2,1-6H3. The number of benzene rings is 3. The molecule has 1 unspecified atom stereocenters. The molecule has 0 heterocycles. The van der Waals surface area contributed by atoms with Crippen molar-refractivity contribution in [2.24, 2.45) is 0 Å². The fourth-order valence-electron chi connectivity index (χ4n) is 4.49. The van der Waals surface area contributed by atoms with Crippen LogP contribution in [0.2, 0.25) is 0 Å². The van der Waals surface area contributed by atoms with Crippen molar-refractivity contribution in [2.45, 2.75) is 40.2 Å². The number of methoxy groups -OCH3 is 4. The number of carbonyl (C=O) groups is 2. The Morgan fingerprint density at radius 3 is 1.95 bits per heavy atom. The van der Waals surface area contributed by atoms with Gasteiger partial charge in [0.2, 0.25) is 0 Å². The van der Waals surface area contributed by atoms with Crippen molar-refractivity contribution in [3.05, 3.63) is 76.9 Å². The average molecular weight is 609 g/mol. The number of thioether (sulfide) groups is 1. The van der Waals surface area contributed by atoms with Crippen molar-refractivity contribution in [3.8, 4) is 34.5 Å². The summed E-state index contributed by atoms with van der Waals surface area (Å²) < 4.78 is 21.4. The van der Waals surface area contributed by atoms with Crippen LogP contribution in [0.3, 0.4) is 0 Å². The Balaban J connectivity index is 1.74. The van der Waals surface area contributed by atoms with Gasteiger partial charge in [-0.15, -0.1) is 11.8 Å². The molecule has 0 saturated carbocycles. The summed E-state index contributed by atoms with van der Waals surface area (Å²) in [6, 6.07) is 11.9. The fourth-order valence-corrected chi connectivity index (χ4v) is 6.56. The summed E-state index contributed by atoms with van der Waals surface area (Å²) in [6.45, 7) is 3.91. The summed E-state index contributed by atoms with van der Waals surface area (Å²) in [4.78, 5) is 29.0. The molecule has 10 heteroatoms. The summed E-state index contributed by atoms with van der Waals surface area (Å²) in [5.74, 6) is 0.293. The van der Waals surface area contributed by atoms with E-state index in [1.54, 1.807) is 38.5 Å². The summed E-state index contributed by atoms with van der Waals surface area (Å²) in [5.41, 5.74) is 0.857. The molecule has 4 rings (SSSR count). The van der Waals surface area contributed by atoms with E-state index in [-0.39, 0.29) is 33.1 Å². The molecule has 1 atom stereocenters. The number of hydrogen-bond donors (Lipinski definition) is 2. The van der Waals surface area contributed by atoms with Gasteiger partial charge in [0.25, 0.3) is 0 Å². The van der Waals surface area contributed by atoms with Crippen LogP contribution in [0, 0.1) is 0 Å². The highest BCUT2D eigenvalue weighted by Gasteiger charge is 2.36. The van der Waals surface area contributed by atoms with E-state index in [1.165, 1.54) is 38.1 Å². The van der Waals surface area contributed by atoms with Crippen molar-refractivity contribution >= 4 is 35.1 Å². The lowest BCUT2D eigenvalue weighted by Crippen LogP contribution is -2.24. The van der Waals surface area contributed by atoms with Crippen LogP contribution < -0.4 is 18.9 Å². The minimum absolute atomic E-state index is 0.212. The second-order valence-electron chi connectivity index (χ2n) is 9.54. The van der Waals surface area contributed by atoms with Gasteiger partial charge in [-0.1, -0.05) is 23.4 Å². The third-order valence-corrected chi connectivity index (χ3v) is 8.85. The highest BCUT2D eigenvalue weighted by Crippen LogP contribution is 2.47. The number of phenolic OH excluding ortho intramolecular Hbond substituents is 2. The summed E-state index contributed by atoms with van der Waals surface area (Å²) in [6.07, 6.45) is 3.71. The predicted molar refractivity (Wildman–Crippen MR) is 163 cm³/mol. The monoisotopic (exact) mass is 608 g/mol. The van der Waals surface area contributed by atoms with Crippen molar-refractivity contribution in [3.63, 3.8) is 0 Å². The van der Waals surface area contributed by atoms with Crippen molar-refractivity contribution < 1.29 is 38.7 Å². The van der Waals surface area contributed by atoms with Gasteiger partial charge in [-0.25, -0.2) is 0 Å². The molecule has 0 saturated heterocycles. The van der Waals surface area contributed by atoms with Crippen molar-refractivity contribution in [2.75, 3.05) is 28.4 Å². The van der Waals surface area contributed by atoms with Gasteiger partial charge in [-0.05, 0) is 68.8 Å². The topological polar surface area (TPSA) is 112 Å². The third-order valence-electron chi connectivity index (χ3n) is 6.57. The van der Waals surface area contributed by atoms with Crippen LogP contribution in [-0.4, -0.2) is 55.5 Å². The number of carbonyl (C=O) groups excluding carboxylic acids is 2. The molecule has 3 aromatic carbocycles. The molecule has 0 amide bonds. The Kier molecular flexibility index (Phi) is 9.80. The predicted octanol–water partition coefficient (Wildman–Crippen LogP) is 7.11. The minimum Gasteiger partial charge on any atom is -0.507 e. The molecule has 0 aromatic heterocycles. The molecule has 220 valence electrons. The lowest BCUT2D eigenvalue weighted by atomic mass is 9.86. The molecule has 1 aliphatic carbocycles. The largest absolute Gasteiger partial charge is 0.507 e. The number of hydrogen-bond acceptors (Lipinski definition) is 10. The number of Topliss-reactive ketones (excluding diaryl/α,β-unsaturated/α-hetero) is 1. The van der Waals surface area contributed by atoms with Crippen LogP contribution in [0.4, 0.5) is 0 Å². The van der Waals surface area contributed by atoms with Gasteiger partial charge >= 0.3 is 0 Å². The third kappa shape index (κ3) is 6.39. The number of phenols is 2. The van der Waals surface area contributed by atoms with Crippen LogP contribution in [0.5, 0.6) is 34.5 Å². The second kappa shape index (κ2) is 13.3. The number of allylic oxidation sites excluding steroid dienone is 3. The van der Waals surface area contributed by atoms with Crippen LogP contribution in [-0.2, 0) is 0 Å². The first-order valence-corrected chi connectivity index (χ1v) is 14.6. The summed E-state index contributed by atoms with van der Waals surface area (Å²) >= 11 is 2.51. The van der Waals surface area contributed by atoms with E-state index in [0.29, 0.717) is 34.3 Å².